The predicted molar refractivity (Wildman–Crippen MR) is 47.8 cm³/mol. The summed E-state index contributed by atoms with van der Waals surface area (Å²) in [6.45, 7) is 1.24. The molecule has 5 heteroatoms. The van der Waals surface area contributed by atoms with Crippen molar-refractivity contribution in [2.45, 2.75) is 6.92 Å². The number of hydrogen-bond donors (Lipinski definition) is 0. The zero-order chi connectivity index (χ0) is 10.7. The summed E-state index contributed by atoms with van der Waals surface area (Å²) >= 11 is 0. The van der Waals surface area contributed by atoms with Crippen LogP contribution in [0.25, 0.3) is 0 Å². The van der Waals surface area contributed by atoms with Crippen LogP contribution in [0.5, 0.6) is 0 Å². The van der Waals surface area contributed by atoms with Crippen LogP contribution in [0.4, 0.5) is 5.69 Å². The Hall–Kier alpha value is -2.22. The minimum absolute atomic E-state index is 0.0222. The Bertz CT molecular complexity index is 446. The van der Waals surface area contributed by atoms with Crippen molar-refractivity contribution < 1.29 is 9.72 Å². The summed E-state index contributed by atoms with van der Waals surface area (Å²) in [6.07, 6.45) is 0. The highest BCUT2D eigenvalue weighted by molar-refractivity contribution is 5.98. The second kappa shape index (κ2) is 3.66. The van der Waals surface area contributed by atoms with E-state index in [1.165, 1.54) is 19.1 Å². The highest BCUT2D eigenvalue weighted by Crippen LogP contribution is 2.20. The van der Waals surface area contributed by atoms with Gasteiger partial charge in [-0.05, 0) is 19.1 Å². The van der Waals surface area contributed by atoms with E-state index in [9.17, 15) is 14.9 Å². The van der Waals surface area contributed by atoms with E-state index >= 15 is 0 Å². The molecule has 1 aromatic rings. The standard InChI is InChI=1S/C9H6N2O3/c1-6(12)8-3-2-7(5-10)4-9(8)11(13)14/h2-4H,1H3. The van der Waals surface area contributed by atoms with E-state index in [-0.39, 0.29) is 22.6 Å². The number of ketones is 1. The van der Waals surface area contributed by atoms with Crippen molar-refractivity contribution in [1.29, 1.82) is 5.26 Å². The number of Topliss-reactive ketones (excluding diaryl/α,β-unsaturated/α-hetero) is 1. The van der Waals surface area contributed by atoms with Gasteiger partial charge in [0.1, 0.15) is 0 Å². The Kier molecular flexibility index (Phi) is 2.58. The lowest BCUT2D eigenvalue weighted by atomic mass is 10.1. The summed E-state index contributed by atoms with van der Waals surface area (Å²) in [5.41, 5.74) is -0.132. The highest BCUT2D eigenvalue weighted by atomic mass is 16.6. The first-order valence-electron chi connectivity index (χ1n) is 3.75. The molecule has 0 spiro atoms. The molecule has 0 saturated carbocycles. The van der Waals surface area contributed by atoms with Gasteiger partial charge >= 0.3 is 0 Å². The van der Waals surface area contributed by atoms with Crippen LogP contribution in [0.15, 0.2) is 18.2 Å². The van der Waals surface area contributed by atoms with Gasteiger partial charge < -0.3 is 0 Å². The fraction of sp³-hybridized carbons (Fsp3) is 0.111. The second-order valence-corrected chi connectivity index (χ2v) is 2.66. The maximum atomic E-state index is 11.0. The number of carbonyl (C=O) groups is 1. The number of benzene rings is 1. The van der Waals surface area contributed by atoms with Crippen LogP contribution < -0.4 is 0 Å². The molecular weight excluding hydrogens is 184 g/mol. The molecule has 1 rings (SSSR count). The van der Waals surface area contributed by atoms with Crippen molar-refractivity contribution in [2.24, 2.45) is 0 Å². The third-order valence-electron chi connectivity index (χ3n) is 1.70. The Labute approximate surface area is 79.7 Å². The van der Waals surface area contributed by atoms with Gasteiger partial charge in [-0.15, -0.1) is 0 Å². The molecule has 0 atom stereocenters. The first-order valence-corrected chi connectivity index (χ1v) is 3.75. The monoisotopic (exact) mass is 190 g/mol. The normalized spacial score (nSPS) is 9.14. The zero-order valence-electron chi connectivity index (χ0n) is 7.35. The number of nitro benzene ring substituents is 1. The third kappa shape index (κ3) is 1.75. The van der Waals surface area contributed by atoms with Crippen LogP contribution in [-0.2, 0) is 0 Å². The SMILES string of the molecule is CC(=O)c1ccc(C#N)cc1[N+](=O)[O-]. The molecule has 1 aromatic carbocycles. The summed E-state index contributed by atoms with van der Waals surface area (Å²) in [4.78, 5) is 20.9. The number of carbonyl (C=O) groups excluding carboxylic acids is 1. The maximum absolute atomic E-state index is 11.0. The van der Waals surface area contributed by atoms with E-state index in [4.69, 9.17) is 5.26 Å². The fourth-order valence-electron chi connectivity index (χ4n) is 1.05. The topological polar surface area (TPSA) is 84.0 Å². The van der Waals surface area contributed by atoms with Gasteiger partial charge in [0.05, 0.1) is 22.1 Å². The van der Waals surface area contributed by atoms with Crippen LogP contribution in [0, 0.1) is 21.4 Å². The van der Waals surface area contributed by atoms with Crippen molar-refractivity contribution in [3.05, 3.63) is 39.4 Å². The zero-order valence-corrected chi connectivity index (χ0v) is 7.35. The Morgan fingerprint density at radius 2 is 2.21 bits per heavy atom. The van der Waals surface area contributed by atoms with Crippen LogP contribution >= 0.6 is 0 Å². The van der Waals surface area contributed by atoms with Gasteiger partial charge in [0.15, 0.2) is 5.78 Å². The number of rotatable bonds is 2. The molecule has 0 radical (unpaired) electrons. The van der Waals surface area contributed by atoms with Crippen LogP contribution in [0.1, 0.15) is 22.8 Å². The van der Waals surface area contributed by atoms with Crippen molar-refractivity contribution in [1.82, 2.24) is 0 Å². The average Bonchev–Trinajstić information content (AvgIpc) is 2.16. The quantitative estimate of drug-likeness (QED) is 0.403. The molecule has 70 valence electrons. The molecule has 0 N–H and O–H groups in total. The first-order chi connectivity index (χ1) is 6.56. The van der Waals surface area contributed by atoms with Gasteiger partial charge in [-0.2, -0.15) is 5.26 Å². The van der Waals surface area contributed by atoms with E-state index in [2.05, 4.69) is 0 Å². The molecule has 0 aromatic heterocycles. The van der Waals surface area contributed by atoms with Crippen molar-refractivity contribution in [3.8, 4) is 6.07 Å². The summed E-state index contributed by atoms with van der Waals surface area (Å²) in [6, 6.07) is 5.54. The van der Waals surface area contributed by atoms with Gasteiger partial charge in [0, 0.05) is 6.07 Å². The third-order valence-corrected chi connectivity index (χ3v) is 1.70. The molecule has 0 amide bonds. The molecule has 0 saturated heterocycles. The van der Waals surface area contributed by atoms with Crippen molar-refractivity contribution >= 4 is 11.5 Å². The second-order valence-electron chi connectivity index (χ2n) is 2.66. The largest absolute Gasteiger partial charge is 0.294 e. The minimum atomic E-state index is -0.669. The molecular formula is C9H6N2O3. The molecule has 14 heavy (non-hydrogen) atoms. The molecule has 5 nitrogen and oxygen atoms in total. The average molecular weight is 190 g/mol. The fourth-order valence-corrected chi connectivity index (χ4v) is 1.05. The minimum Gasteiger partial charge on any atom is -0.294 e. The smallest absolute Gasteiger partial charge is 0.281 e. The van der Waals surface area contributed by atoms with Gasteiger partial charge in [-0.1, -0.05) is 0 Å². The summed E-state index contributed by atoms with van der Waals surface area (Å²) < 4.78 is 0. The van der Waals surface area contributed by atoms with Gasteiger partial charge in [0.25, 0.3) is 5.69 Å². The lowest BCUT2D eigenvalue weighted by molar-refractivity contribution is -0.385. The highest BCUT2D eigenvalue weighted by Gasteiger charge is 2.17. The maximum Gasteiger partial charge on any atom is 0.281 e. The number of hydrogen-bond acceptors (Lipinski definition) is 4. The van der Waals surface area contributed by atoms with Gasteiger partial charge in [0.2, 0.25) is 0 Å². The van der Waals surface area contributed by atoms with Crippen LogP contribution in [0.2, 0.25) is 0 Å². The molecule has 0 heterocycles. The Morgan fingerprint density at radius 3 is 2.64 bits per heavy atom. The van der Waals surface area contributed by atoms with E-state index in [0.29, 0.717) is 0 Å². The lowest BCUT2D eigenvalue weighted by Gasteiger charge is -1.98. The molecule has 0 aliphatic carbocycles. The summed E-state index contributed by atoms with van der Waals surface area (Å²) in [5, 5.41) is 19.1. The molecule has 0 aliphatic heterocycles. The molecule has 0 bridgehead atoms. The van der Waals surface area contributed by atoms with Crippen molar-refractivity contribution in [3.63, 3.8) is 0 Å². The van der Waals surface area contributed by atoms with E-state index in [1.54, 1.807) is 6.07 Å². The number of nitrogens with zero attached hydrogens (tertiary/aromatic N) is 2. The summed E-state index contributed by atoms with van der Waals surface area (Å²) in [5.74, 6) is -0.388. The van der Waals surface area contributed by atoms with E-state index in [1.807, 2.05) is 0 Å². The van der Waals surface area contributed by atoms with Crippen molar-refractivity contribution in [2.75, 3.05) is 0 Å². The number of nitriles is 1. The van der Waals surface area contributed by atoms with Crippen LogP contribution in [-0.4, -0.2) is 10.7 Å². The molecule has 0 aliphatic rings. The van der Waals surface area contributed by atoms with E-state index in [0.717, 1.165) is 6.07 Å². The Balaban J connectivity index is 3.40. The van der Waals surface area contributed by atoms with Gasteiger partial charge in [-0.3, -0.25) is 14.9 Å². The molecule has 0 unspecified atom stereocenters. The predicted octanol–water partition coefficient (Wildman–Crippen LogP) is 1.67. The lowest BCUT2D eigenvalue weighted by Crippen LogP contribution is -2.00. The summed E-state index contributed by atoms with van der Waals surface area (Å²) in [7, 11) is 0. The van der Waals surface area contributed by atoms with Crippen LogP contribution in [0.3, 0.4) is 0 Å². The van der Waals surface area contributed by atoms with E-state index < -0.39 is 4.92 Å². The number of nitro groups is 1. The first kappa shape index (κ1) is 9.86. The Morgan fingerprint density at radius 1 is 1.57 bits per heavy atom. The van der Waals surface area contributed by atoms with Gasteiger partial charge in [-0.25, -0.2) is 0 Å². The molecule has 0 fully saturated rings.